The Balaban J connectivity index is 1.75. The first kappa shape index (κ1) is 15.9. The zero-order valence-electron chi connectivity index (χ0n) is 13.9. The number of nitrogens with zero attached hydrogens (tertiary/aromatic N) is 2. The summed E-state index contributed by atoms with van der Waals surface area (Å²) in [5, 5.41) is 12.2. The number of aromatic nitrogens is 1. The van der Waals surface area contributed by atoms with Crippen LogP contribution in [0.25, 0.3) is 10.9 Å². The number of amides is 1. The first-order chi connectivity index (χ1) is 12.1. The van der Waals surface area contributed by atoms with Gasteiger partial charge in [-0.2, -0.15) is 0 Å². The van der Waals surface area contributed by atoms with Crippen LogP contribution < -0.4 is 0 Å². The van der Waals surface area contributed by atoms with Crippen LogP contribution in [0.3, 0.4) is 0 Å². The van der Waals surface area contributed by atoms with Crippen LogP contribution in [0.4, 0.5) is 0 Å². The van der Waals surface area contributed by atoms with Crippen molar-refractivity contribution in [3.63, 3.8) is 0 Å². The van der Waals surface area contributed by atoms with Gasteiger partial charge < -0.3 is 14.6 Å². The molecule has 0 atom stereocenters. The second-order valence-corrected chi connectivity index (χ2v) is 7.25. The Morgan fingerprint density at radius 3 is 2.76 bits per heavy atom. The summed E-state index contributed by atoms with van der Waals surface area (Å²) in [4.78, 5) is 26.8. The first-order valence-corrected chi connectivity index (χ1v) is 9.08. The zero-order chi connectivity index (χ0) is 17.6. The van der Waals surface area contributed by atoms with Crippen LogP contribution >= 0.6 is 11.3 Å². The SMILES string of the molecule is Cc1ccsc1C(=O)N1CCc2c(c3ccccc3n2CC(=O)O)C1. The molecule has 0 saturated carbocycles. The predicted octanol–water partition coefficient (Wildman–Crippen LogP) is 3.29. The Morgan fingerprint density at radius 1 is 1.24 bits per heavy atom. The molecular formula is C19H18N2O3S. The van der Waals surface area contributed by atoms with Crippen LogP contribution in [-0.2, 0) is 24.3 Å². The van der Waals surface area contributed by atoms with E-state index in [0.29, 0.717) is 19.5 Å². The lowest BCUT2D eigenvalue weighted by Gasteiger charge is -2.28. The van der Waals surface area contributed by atoms with E-state index in [4.69, 9.17) is 0 Å². The summed E-state index contributed by atoms with van der Waals surface area (Å²) in [6.45, 7) is 3.05. The zero-order valence-corrected chi connectivity index (χ0v) is 14.7. The topological polar surface area (TPSA) is 62.5 Å². The highest BCUT2D eigenvalue weighted by Gasteiger charge is 2.28. The summed E-state index contributed by atoms with van der Waals surface area (Å²) in [6, 6.07) is 9.80. The van der Waals surface area contributed by atoms with Gasteiger partial charge in [0.1, 0.15) is 6.54 Å². The molecule has 25 heavy (non-hydrogen) atoms. The molecule has 0 fully saturated rings. The van der Waals surface area contributed by atoms with Crippen molar-refractivity contribution < 1.29 is 14.7 Å². The monoisotopic (exact) mass is 354 g/mol. The standard InChI is InChI=1S/C19H18N2O3S/c1-12-7-9-25-18(12)19(24)20-8-6-16-14(10-20)13-4-2-3-5-15(13)21(16)11-17(22)23/h2-5,7,9H,6,8,10-11H2,1H3,(H,22,23). The number of aliphatic carboxylic acids is 1. The molecule has 0 aliphatic carbocycles. The lowest BCUT2D eigenvalue weighted by atomic mass is 10.0. The van der Waals surface area contributed by atoms with E-state index >= 15 is 0 Å². The molecule has 4 rings (SSSR count). The fourth-order valence-corrected chi connectivity index (χ4v) is 4.52. The molecule has 1 aliphatic heterocycles. The second-order valence-electron chi connectivity index (χ2n) is 6.33. The number of carbonyl (C=O) groups excluding carboxylic acids is 1. The maximum atomic E-state index is 12.8. The van der Waals surface area contributed by atoms with Gasteiger partial charge in [-0.1, -0.05) is 18.2 Å². The van der Waals surface area contributed by atoms with Gasteiger partial charge in [-0.15, -0.1) is 11.3 Å². The van der Waals surface area contributed by atoms with Crippen molar-refractivity contribution in [2.75, 3.05) is 6.54 Å². The lowest BCUT2D eigenvalue weighted by molar-refractivity contribution is -0.137. The third-order valence-corrected chi connectivity index (χ3v) is 5.80. The predicted molar refractivity (Wildman–Crippen MR) is 97.1 cm³/mol. The van der Waals surface area contributed by atoms with Crippen LogP contribution in [0.5, 0.6) is 0 Å². The molecule has 0 radical (unpaired) electrons. The lowest BCUT2D eigenvalue weighted by Crippen LogP contribution is -2.36. The highest BCUT2D eigenvalue weighted by molar-refractivity contribution is 7.12. The second kappa shape index (κ2) is 6.04. The van der Waals surface area contributed by atoms with Gasteiger partial charge in [-0.3, -0.25) is 9.59 Å². The third kappa shape index (κ3) is 2.62. The minimum atomic E-state index is -0.851. The summed E-state index contributed by atoms with van der Waals surface area (Å²) in [7, 11) is 0. The number of hydrogen-bond acceptors (Lipinski definition) is 3. The van der Waals surface area contributed by atoms with Crippen LogP contribution in [0, 0.1) is 6.92 Å². The van der Waals surface area contributed by atoms with E-state index in [1.807, 2.05) is 52.1 Å². The number of thiophene rings is 1. The van der Waals surface area contributed by atoms with Gasteiger partial charge in [0.15, 0.2) is 0 Å². The van der Waals surface area contributed by atoms with Crippen molar-refractivity contribution in [1.82, 2.24) is 9.47 Å². The number of para-hydroxylation sites is 1. The summed E-state index contributed by atoms with van der Waals surface area (Å²) >= 11 is 1.48. The third-order valence-electron chi connectivity index (χ3n) is 4.80. The van der Waals surface area contributed by atoms with Crippen LogP contribution in [0.2, 0.25) is 0 Å². The van der Waals surface area contributed by atoms with Gasteiger partial charge in [0.25, 0.3) is 5.91 Å². The van der Waals surface area contributed by atoms with Gasteiger partial charge >= 0.3 is 5.97 Å². The highest BCUT2D eigenvalue weighted by Crippen LogP contribution is 2.32. The average molecular weight is 354 g/mol. The number of fused-ring (bicyclic) bond motifs is 3. The number of carbonyl (C=O) groups is 2. The number of benzene rings is 1. The number of carboxylic acid groups (broad SMARTS) is 1. The van der Waals surface area contributed by atoms with Gasteiger partial charge in [-0.25, -0.2) is 0 Å². The number of carboxylic acids is 1. The van der Waals surface area contributed by atoms with E-state index in [-0.39, 0.29) is 12.5 Å². The fraction of sp³-hybridized carbons (Fsp3) is 0.263. The first-order valence-electron chi connectivity index (χ1n) is 8.20. The summed E-state index contributed by atoms with van der Waals surface area (Å²) in [6.07, 6.45) is 0.674. The van der Waals surface area contributed by atoms with Gasteiger partial charge in [0.2, 0.25) is 0 Å². The van der Waals surface area contributed by atoms with Crippen molar-refractivity contribution in [1.29, 1.82) is 0 Å². The molecule has 6 heteroatoms. The molecule has 3 aromatic rings. The van der Waals surface area contributed by atoms with E-state index in [2.05, 4.69) is 0 Å². The number of hydrogen-bond donors (Lipinski definition) is 1. The molecule has 0 spiro atoms. The number of rotatable bonds is 3. The van der Waals surface area contributed by atoms with Crippen molar-refractivity contribution in [3.8, 4) is 0 Å². The number of aryl methyl sites for hydroxylation is 1. The molecule has 1 aromatic carbocycles. The Hall–Kier alpha value is -2.60. The van der Waals surface area contributed by atoms with Crippen LogP contribution in [0.15, 0.2) is 35.7 Å². The van der Waals surface area contributed by atoms with E-state index in [1.165, 1.54) is 11.3 Å². The molecule has 1 N–H and O–H groups in total. The Morgan fingerprint density at radius 2 is 2.04 bits per heavy atom. The molecule has 2 aromatic heterocycles. The Labute approximate surface area is 149 Å². The van der Waals surface area contributed by atoms with Crippen LogP contribution in [0.1, 0.15) is 26.5 Å². The molecular weight excluding hydrogens is 336 g/mol. The molecule has 128 valence electrons. The highest BCUT2D eigenvalue weighted by atomic mass is 32.1. The molecule has 0 bridgehead atoms. The Bertz CT molecular complexity index is 986. The smallest absolute Gasteiger partial charge is 0.323 e. The average Bonchev–Trinajstić information content (AvgIpc) is 3.16. The van der Waals surface area contributed by atoms with E-state index in [1.54, 1.807) is 0 Å². The largest absolute Gasteiger partial charge is 0.480 e. The van der Waals surface area contributed by atoms with Crippen molar-refractivity contribution in [2.24, 2.45) is 0 Å². The normalized spacial score (nSPS) is 13.9. The maximum Gasteiger partial charge on any atom is 0.323 e. The minimum Gasteiger partial charge on any atom is -0.480 e. The molecule has 3 heterocycles. The molecule has 1 amide bonds. The Kier molecular flexibility index (Phi) is 3.84. The summed E-state index contributed by atoms with van der Waals surface area (Å²) in [5.74, 6) is -0.788. The minimum absolute atomic E-state index is 0.0478. The van der Waals surface area contributed by atoms with Crippen molar-refractivity contribution >= 4 is 34.1 Å². The maximum absolute atomic E-state index is 12.8. The summed E-state index contributed by atoms with van der Waals surface area (Å²) < 4.78 is 1.88. The quantitative estimate of drug-likeness (QED) is 0.785. The van der Waals surface area contributed by atoms with Gasteiger partial charge in [-0.05, 0) is 30.0 Å². The van der Waals surface area contributed by atoms with Crippen LogP contribution in [-0.4, -0.2) is 33.0 Å². The van der Waals surface area contributed by atoms with E-state index < -0.39 is 5.97 Å². The fourth-order valence-electron chi connectivity index (χ4n) is 3.63. The molecule has 5 nitrogen and oxygen atoms in total. The molecule has 0 unspecified atom stereocenters. The molecule has 0 saturated heterocycles. The van der Waals surface area contributed by atoms with E-state index in [9.17, 15) is 14.7 Å². The summed E-state index contributed by atoms with van der Waals surface area (Å²) in [5.41, 5.74) is 4.05. The van der Waals surface area contributed by atoms with Gasteiger partial charge in [0.05, 0.1) is 4.88 Å². The van der Waals surface area contributed by atoms with E-state index in [0.717, 1.165) is 32.6 Å². The molecule has 1 aliphatic rings. The van der Waals surface area contributed by atoms with Crippen molar-refractivity contribution in [2.45, 2.75) is 26.4 Å². The van der Waals surface area contributed by atoms with Crippen molar-refractivity contribution in [3.05, 3.63) is 57.4 Å². The van der Waals surface area contributed by atoms with Gasteiger partial charge in [0, 0.05) is 41.7 Å².